The van der Waals surface area contributed by atoms with Gasteiger partial charge in [-0.05, 0) is 43.0 Å². The summed E-state index contributed by atoms with van der Waals surface area (Å²) in [6.45, 7) is 6.65. The van der Waals surface area contributed by atoms with Gasteiger partial charge in [-0.3, -0.25) is 0 Å². The van der Waals surface area contributed by atoms with Crippen LogP contribution in [0.4, 0.5) is 0 Å². The van der Waals surface area contributed by atoms with Crippen LogP contribution in [0, 0.1) is 5.92 Å². The quantitative estimate of drug-likeness (QED) is 0.844. The van der Waals surface area contributed by atoms with E-state index in [2.05, 4.69) is 37.4 Å². The Bertz CT molecular complexity index is 377. The van der Waals surface area contributed by atoms with Gasteiger partial charge in [0.05, 0.1) is 7.11 Å². The van der Waals surface area contributed by atoms with E-state index >= 15 is 0 Å². The summed E-state index contributed by atoms with van der Waals surface area (Å²) in [6.07, 6.45) is 2.62. The Hall–Kier alpha value is -1.02. The molecule has 1 saturated carbocycles. The topological polar surface area (TPSA) is 21.3 Å². The molecule has 17 heavy (non-hydrogen) atoms. The van der Waals surface area contributed by atoms with Crippen LogP contribution in [0.1, 0.15) is 32.3 Å². The summed E-state index contributed by atoms with van der Waals surface area (Å²) in [6, 6.07) is 8.57. The molecule has 0 aromatic heterocycles. The van der Waals surface area contributed by atoms with Gasteiger partial charge in [0.15, 0.2) is 0 Å². The van der Waals surface area contributed by atoms with Crippen LogP contribution in [0.15, 0.2) is 24.3 Å². The lowest BCUT2D eigenvalue weighted by atomic mass is 9.57. The number of hydrogen-bond acceptors (Lipinski definition) is 2. The molecule has 0 heterocycles. The van der Waals surface area contributed by atoms with Crippen molar-refractivity contribution in [3.05, 3.63) is 29.8 Å². The molecule has 1 fully saturated rings. The zero-order valence-corrected chi connectivity index (χ0v) is 11.1. The molecule has 1 N–H and O–H groups in total. The lowest BCUT2D eigenvalue weighted by Gasteiger charge is -2.49. The molecule has 94 valence electrons. The highest BCUT2D eigenvalue weighted by Crippen LogP contribution is 2.48. The minimum atomic E-state index is 0.324. The van der Waals surface area contributed by atoms with Gasteiger partial charge < -0.3 is 10.1 Å². The molecule has 2 unspecified atom stereocenters. The molecule has 0 spiro atoms. The average molecular weight is 233 g/mol. The van der Waals surface area contributed by atoms with Crippen LogP contribution in [-0.2, 0) is 5.41 Å². The monoisotopic (exact) mass is 233 g/mol. The third kappa shape index (κ3) is 2.19. The van der Waals surface area contributed by atoms with Gasteiger partial charge in [-0.15, -0.1) is 0 Å². The zero-order chi connectivity index (χ0) is 12.3. The van der Waals surface area contributed by atoms with E-state index in [1.54, 1.807) is 7.11 Å². The van der Waals surface area contributed by atoms with E-state index in [4.69, 9.17) is 4.74 Å². The van der Waals surface area contributed by atoms with Crippen LogP contribution >= 0.6 is 0 Å². The Morgan fingerprint density at radius 2 is 2.29 bits per heavy atom. The minimum absolute atomic E-state index is 0.324. The standard InChI is InChI=1S/C15H23NO/c1-4-16-11-15(9-8-12(15)2)13-6-5-7-14(10-13)17-3/h5-7,10,12,16H,4,8-9,11H2,1-3H3. The molecular weight excluding hydrogens is 210 g/mol. The predicted octanol–water partition coefficient (Wildman–Crippen LogP) is 2.97. The van der Waals surface area contributed by atoms with Gasteiger partial charge in [0.2, 0.25) is 0 Å². The van der Waals surface area contributed by atoms with Crippen molar-refractivity contribution >= 4 is 0 Å². The van der Waals surface area contributed by atoms with Gasteiger partial charge in [0.25, 0.3) is 0 Å². The van der Waals surface area contributed by atoms with E-state index in [0.29, 0.717) is 5.41 Å². The Morgan fingerprint density at radius 1 is 1.47 bits per heavy atom. The van der Waals surface area contributed by atoms with Crippen LogP contribution in [0.25, 0.3) is 0 Å². The molecule has 0 bridgehead atoms. The van der Waals surface area contributed by atoms with Crippen molar-refractivity contribution in [2.24, 2.45) is 5.92 Å². The average Bonchev–Trinajstić information content (AvgIpc) is 2.38. The third-order valence-electron chi connectivity index (χ3n) is 4.30. The minimum Gasteiger partial charge on any atom is -0.497 e. The molecule has 1 aromatic carbocycles. The van der Waals surface area contributed by atoms with Crippen molar-refractivity contribution < 1.29 is 4.74 Å². The van der Waals surface area contributed by atoms with Gasteiger partial charge in [-0.25, -0.2) is 0 Å². The van der Waals surface area contributed by atoms with Gasteiger partial charge in [-0.1, -0.05) is 26.0 Å². The third-order valence-corrected chi connectivity index (χ3v) is 4.30. The fourth-order valence-corrected chi connectivity index (χ4v) is 2.86. The number of rotatable bonds is 5. The van der Waals surface area contributed by atoms with E-state index in [1.807, 2.05) is 6.07 Å². The Morgan fingerprint density at radius 3 is 2.82 bits per heavy atom. The molecule has 1 aliphatic rings. The molecule has 0 saturated heterocycles. The molecule has 2 heteroatoms. The molecular formula is C15H23NO. The number of methoxy groups -OCH3 is 1. The first-order valence-electron chi connectivity index (χ1n) is 6.58. The second kappa shape index (κ2) is 5.09. The number of likely N-dealkylation sites (N-methyl/N-ethyl adjacent to an activating group) is 1. The van der Waals surface area contributed by atoms with Crippen LogP contribution in [0.2, 0.25) is 0 Å². The largest absolute Gasteiger partial charge is 0.497 e. The highest BCUT2D eigenvalue weighted by molar-refractivity contribution is 5.36. The summed E-state index contributed by atoms with van der Waals surface area (Å²) in [4.78, 5) is 0. The fourth-order valence-electron chi connectivity index (χ4n) is 2.86. The molecule has 0 aliphatic heterocycles. The van der Waals surface area contributed by atoms with Crippen LogP contribution in [0.5, 0.6) is 5.75 Å². The summed E-state index contributed by atoms with van der Waals surface area (Å²) in [5.41, 5.74) is 1.75. The molecule has 2 rings (SSSR count). The lowest BCUT2D eigenvalue weighted by Crippen LogP contribution is -2.50. The highest BCUT2D eigenvalue weighted by Gasteiger charge is 2.44. The first-order valence-corrected chi connectivity index (χ1v) is 6.58. The second-order valence-electron chi connectivity index (χ2n) is 5.11. The van der Waals surface area contributed by atoms with Crippen molar-refractivity contribution in [3.8, 4) is 5.75 Å². The van der Waals surface area contributed by atoms with E-state index in [-0.39, 0.29) is 0 Å². The summed E-state index contributed by atoms with van der Waals surface area (Å²) in [5.74, 6) is 1.73. The van der Waals surface area contributed by atoms with E-state index in [9.17, 15) is 0 Å². The second-order valence-corrected chi connectivity index (χ2v) is 5.11. The Balaban J connectivity index is 2.26. The summed E-state index contributed by atoms with van der Waals surface area (Å²) < 4.78 is 5.34. The first kappa shape index (κ1) is 12.4. The zero-order valence-electron chi connectivity index (χ0n) is 11.1. The SMILES string of the molecule is CCNCC1(c2cccc(OC)c2)CCC1C. The molecule has 2 nitrogen and oxygen atoms in total. The molecule has 2 atom stereocenters. The molecule has 1 aliphatic carbocycles. The van der Waals surface area contributed by atoms with Crippen molar-refractivity contribution in [2.45, 2.75) is 32.1 Å². The fraction of sp³-hybridized carbons (Fsp3) is 0.600. The number of nitrogens with one attached hydrogen (secondary N) is 1. The van der Waals surface area contributed by atoms with Gasteiger partial charge in [0.1, 0.15) is 5.75 Å². The first-order chi connectivity index (χ1) is 8.23. The van der Waals surface area contributed by atoms with E-state index in [0.717, 1.165) is 24.8 Å². The van der Waals surface area contributed by atoms with Crippen molar-refractivity contribution in [1.82, 2.24) is 5.32 Å². The number of benzene rings is 1. The van der Waals surface area contributed by atoms with E-state index < -0.39 is 0 Å². The summed E-state index contributed by atoms with van der Waals surface area (Å²) in [5, 5.41) is 3.52. The maximum Gasteiger partial charge on any atom is 0.119 e. The Kier molecular flexibility index (Phi) is 3.72. The van der Waals surface area contributed by atoms with Gasteiger partial charge in [-0.2, -0.15) is 0 Å². The maximum absolute atomic E-state index is 5.34. The highest BCUT2D eigenvalue weighted by atomic mass is 16.5. The Labute approximate surface area is 104 Å². The lowest BCUT2D eigenvalue weighted by molar-refractivity contribution is 0.134. The van der Waals surface area contributed by atoms with Crippen LogP contribution in [0.3, 0.4) is 0 Å². The normalized spacial score (nSPS) is 27.6. The number of hydrogen-bond donors (Lipinski definition) is 1. The molecule has 0 amide bonds. The van der Waals surface area contributed by atoms with Crippen LogP contribution in [-0.4, -0.2) is 20.2 Å². The summed E-state index contributed by atoms with van der Waals surface area (Å²) in [7, 11) is 1.74. The van der Waals surface area contributed by atoms with Crippen molar-refractivity contribution in [2.75, 3.05) is 20.2 Å². The van der Waals surface area contributed by atoms with Gasteiger partial charge >= 0.3 is 0 Å². The van der Waals surface area contributed by atoms with Crippen molar-refractivity contribution in [3.63, 3.8) is 0 Å². The van der Waals surface area contributed by atoms with Gasteiger partial charge in [0, 0.05) is 12.0 Å². The molecule has 1 aromatic rings. The number of ether oxygens (including phenoxy) is 1. The predicted molar refractivity (Wildman–Crippen MR) is 71.6 cm³/mol. The van der Waals surface area contributed by atoms with Crippen LogP contribution < -0.4 is 10.1 Å². The maximum atomic E-state index is 5.34. The molecule has 0 radical (unpaired) electrons. The summed E-state index contributed by atoms with van der Waals surface area (Å²) >= 11 is 0. The van der Waals surface area contributed by atoms with Crippen molar-refractivity contribution in [1.29, 1.82) is 0 Å². The smallest absolute Gasteiger partial charge is 0.119 e. The van der Waals surface area contributed by atoms with E-state index in [1.165, 1.54) is 18.4 Å².